The molecular weight excluding hydrogens is 206 g/mol. The third-order valence-corrected chi connectivity index (χ3v) is 2.43. The summed E-state index contributed by atoms with van der Waals surface area (Å²) in [5, 5.41) is 17.9. The Morgan fingerprint density at radius 3 is 2.44 bits per heavy atom. The summed E-state index contributed by atoms with van der Waals surface area (Å²) in [6.07, 6.45) is 0.00683. The van der Waals surface area contributed by atoms with Gasteiger partial charge in [0.05, 0.1) is 19.3 Å². The van der Waals surface area contributed by atoms with Crippen molar-refractivity contribution in [2.24, 2.45) is 5.73 Å². The fraction of sp³-hybridized carbons (Fsp3) is 0.500. The number of hydrogen-bond donors (Lipinski definition) is 3. The van der Waals surface area contributed by atoms with Crippen LogP contribution in [0.2, 0.25) is 0 Å². The predicted molar refractivity (Wildman–Crippen MR) is 61.8 cm³/mol. The van der Waals surface area contributed by atoms with Crippen molar-refractivity contribution < 1.29 is 14.9 Å². The molecule has 0 saturated carbocycles. The number of rotatable bonds is 7. The largest absolute Gasteiger partial charge is 0.396 e. The number of aliphatic hydroxyl groups excluding tert-OH is 2. The lowest BCUT2D eigenvalue weighted by atomic mass is 10.1. The molecule has 1 aromatic carbocycles. The Balaban J connectivity index is 2.39. The molecule has 4 nitrogen and oxygen atoms in total. The van der Waals surface area contributed by atoms with Crippen molar-refractivity contribution in [3.05, 3.63) is 35.9 Å². The van der Waals surface area contributed by atoms with Gasteiger partial charge in [0.25, 0.3) is 0 Å². The van der Waals surface area contributed by atoms with Crippen LogP contribution in [0, 0.1) is 0 Å². The average Bonchev–Trinajstić information content (AvgIpc) is 2.31. The molecule has 0 saturated heterocycles. The van der Waals surface area contributed by atoms with E-state index < -0.39 is 6.10 Å². The van der Waals surface area contributed by atoms with E-state index in [1.165, 1.54) is 0 Å². The molecule has 0 aromatic heterocycles. The van der Waals surface area contributed by atoms with E-state index in [2.05, 4.69) is 0 Å². The van der Waals surface area contributed by atoms with E-state index in [1.54, 1.807) is 0 Å². The average molecular weight is 225 g/mol. The van der Waals surface area contributed by atoms with Crippen LogP contribution in [0.5, 0.6) is 0 Å². The summed E-state index contributed by atoms with van der Waals surface area (Å²) in [6.45, 7) is 0.297. The molecule has 0 aliphatic carbocycles. The third-order valence-electron chi connectivity index (χ3n) is 2.43. The maximum absolute atomic E-state index is 9.11. The molecule has 90 valence electrons. The fourth-order valence-electron chi connectivity index (χ4n) is 1.42. The van der Waals surface area contributed by atoms with Gasteiger partial charge in [-0.15, -0.1) is 0 Å². The van der Waals surface area contributed by atoms with Gasteiger partial charge in [0.1, 0.15) is 0 Å². The molecule has 0 radical (unpaired) electrons. The summed E-state index contributed by atoms with van der Waals surface area (Å²) >= 11 is 0. The molecule has 4 heteroatoms. The molecule has 1 aromatic rings. The minimum absolute atomic E-state index is 0.00631. The molecule has 2 atom stereocenters. The fourth-order valence-corrected chi connectivity index (χ4v) is 1.42. The number of nitrogens with two attached hydrogens (primary N) is 1. The Bertz CT molecular complexity index is 279. The molecule has 0 unspecified atom stereocenters. The summed E-state index contributed by atoms with van der Waals surface area (Å²) in [5.41, 5.74) is 6.80. The molecule has 16 heavy (non-hydrogen) atoms. The van der Waals surface area contributed by atoms with Gasteiger partial charge in [-0.25, -0.2) is 0 Å². The summed E-state index contributed by atoms with van der Waals surface area (Å²) in [6, 6.07) is 9.36. The van der Waals surface area contributed by atoms with Crippen LogP contribution < -0.4 is 5.73 Å². The molecule has 0 aliphatic heterocycles. The zero-order valence-electron chi connectivity index (χ0n) is 9.25. The van der Waals surface area contributed by atoms with Crippen LogP contribution in [-0.2, 0) is 11.3 Å². The van der Waals surface area contributed by atoms with Gasteiger partial charge >= 0.3 is 0 Å². The van der Waals surface area contributed by atoms with Crippen molar-refractivity contribution in [1.82, 2.24) is 0 Å². The van der Waals surface area contributed by atoms with Gasteiger partial charge in [-0.1, -0.05) is 30.3 Å². The molecule has 0 bridgehead atoms. The Morgan fingerprint density at radius 1 is 1.19 bits per heavy atom. The Morgan fingerprint density at radius 2 is 1.88 bits per heavy atom. The first-order chi connectivity index (χ1) is 7.77. The smallest absolute Gasteiger partial charge is 0.0961 e. The highest BCUT2D eigenvalue weighted by atomic mass is 16.5. The summed E-state index contributed by atoms with van der Waals surface area (Å²) in [5.74, 6) is 0. The van der Waals surface area contributed by atoms with Crippen LogP contribution in [0.25, 0.3) is 0 Å². The third kappa shape index (κ3) is 4.28. The van der Waals surface area contributed by atoms with Crippen LogP contribution in [0.4, 0.5) is 0 Å². The molecule has 0 fully saturated rings. The van der Waals surface area contributed by atoms with Gasteiger partial charge in [-0.05, 0) is 12.0 Å². The molecular formula is C12H19NO3. The van der Waals surface area contributed by atoms with Crippen LogP contribution >= 0.6 is 0 Å². The van der Waals surface area contributed by atoms with Crippen LogP contribution in [-0.4, -0.2) is 35.6 Å². The van der Waals surface area contributed by atoms with Gasteiger partial charge in [0, 0.05) is 12.6 Å². The lowest BCUT2D eigenvalue weighted by molar-refractivity contribution is -0.0162. The van der Waals surface area contributed by atoms with Gasteiger partial charge in [-0.2, -0.15) is 0 Å². The standard InChI is InChI=1S/C12H19NO3/c13-11(6-7-14)12(8-15)16-9-10-4-2-1-3-5-10/h1-5,11-12,14-15H,6-9,13H2/t11-,12+/m1/s1. The summed E-state index contributed by atoms with van der Waals surface area (Å²) in [4.78, 5) is 0. The first-order valence-electron chi connectivity index (χ1n) is 5.40. The number of hydrogen-bond acceptors (Lipinski definition) is 4. The summed E-state index contributed by atoms with van der Waals surface area (Å²) < 4.78 is 5.51. The quantitative estimate of drug-likeness (QED) is 0.623. The number of benzene rings is 1. The zero-order chi connectivity index (χ0) is 11.8. The lowest BCUT2D eigenvalue weighted by Gasteiger charge is -2.21. The van der Waals surface area contributed by atoms with Crippen molar-refractivity contribution in [2.45, 2.75) is 25.2 Å². The summed E-state index contributed by atoms with van der Waals surface area (Å²) in [7, 11) is 0. The Hall–Kier alpha value is -0.940. The van der Waals surface area contributed by atoms with Crippen LogP contribution in [0.15, 0.2) is 30.3 Å². The molecule has 0 aliphatic rings. The van der Waals surface area contributed by atoms with Crippen LogP contribution in [0.1, 0.15) is 12.0 Å². The Kier molecular flexibility index (Phi) is 6.03. The molecule has 1 rings (SSSR count). The van der Waals surface area contributed by atoms with E-state index in [-0.39, 0.29) is 19.3 Å². The molecule has 0 spiro atoms. The van der Waals surface area contributed by atoms with Gasteiger partial charge in [0.2, 0.25) is 0 Å². The zero-order valence-corrected chi connectivity index (χ0v) is 9.25. The molecule has 0 amide bonds. The minimum atomic E-state index is -0.424. The second-order valence-electron chi connectivity index (χ2n) is 3.69. The molecule has 0 heterocycles. The highest BCUT2D eigenvalue weighted by molar-refractivity contribution is 5.13. The van der Waals surface area contributed by atoms with E-state index in [0.29, 0.717) is 13.0 Å². The maximum atomic E-state index is 9.11. The van der Waals surface area contributed by atoms with Crippen molar-refractivity contribution in [3.8, 4) is 0 Å². The first-order valence-corrected chi connectivity index (χ1v) is 5.40. The van der Waals surface area contributed by atoms with Crippen molar-refractivity contribution in [1.29, 1.82) is 0 Å². The second-order valence-corrected chi connectivity index (χ2v) is 3.69. The van der Waals surface area contributed by atoms with E-state index >= 15 is 0 Å². The van der Waals surface area contributed by atoms with Crippen LogP contribution in [0.3, 0.4) is 0 Å². The van der Waals surface area contributed by atoms with E-state index in [1.807, 2.05) is 30.3 Å². The van der Waals surface area contributed by atoms with E-state index in [0.717, 1.165) is 5.56 Å². The maximum Gasteiger partial charge on any atom is 0.0961 e. The highest BCUT2D eigenvalue weighted by Gasteiger charge is 2.16. The van der Waals surface area contributed by atoms with Gasteiger partial charge in [-0.3, -0.25) is 0 Å². The van der Waals surface area contributed by atoms with E-state index in [9.17, 15) is 0 Å². The van der Waals surface area contributed by atoms with E-state index in [4.69, 9.17) is 20.7 Å². The minimum Gasteiger partial charge on any atom is -0.396 e. The monoisotopic (exact) mass is 225 g/mol. The Labute approximate surface area is 95.7 Å². The van der Waals surface area contributed by atoms with Crippen molar-refractivity contribution >= 4 is 0 Å². The lowest BCUT2D eigenvalue weighted by Crippen LogP contribution is -2.40. The van der Waals surface area contributed by atoms with Gasteiger partial charge in [0.15, 0.2) is 0 Å². The molecule has 4 N–H and O–H groups in total. The number of aliphatic hydroxyl groups is 2. The first kappa shape index (κ1) is 13.1. The SMILES string of the molecule is N[C@H](CCO)[C@H](CO)OCc1ccccc1. The second kappa shape index (κ2) is 7.35. The van der Waals surface area contributed by atoms with Crippen molar-refractivity contribution in [3.63, 3.8) is 0 Å². The van der Waals surface area contributed by atoms with Gasteiger partial charge < -0.3 is 20.7 Å². The highest BCUT2D eigenvalue weighted by Crippen LogP contribution is 2.06. The normalized spacial score (nSPS) is 14.7. The predicted octanol–water partition coefficient (Wildman–Crippen LogP) is 0.274. The number of ether oxygens (including phenoxy) is 1. The topological polar surface area (TPSA) is 75.7 Å². The van der Waals surface area contributed by atoms with Crippen molar-refractivity contribution in [2.75, 3.05) is 13.2 Å².